The predicted octanol–water partition coefficient (Wildman–Crippen LogP) is 3.75. The molecular weight excluding hydrogens is 292 g/mol. The van der Waals surface area contributed by atoms with Crippen molar-refractivity contribution in [2.45, 2.75) is 32.3 Å². The topological polar surface area (TPSA) is 44.8 Å². The lowest BCUT2D eigenvalue weighted by Gasteiger charge is -2.34. The summed E-state index contributed by atoms with van der Waals surface area (Å²) in [5, 5.41) is 0.339. The van der Waals surface area contributed by atoms with Crippen LogP contribution in [-0.4, -0.2) is 32.7 Å². The lowest BCUT2D eigenvalue weighted by atomic mass is 9.78. The first kappa shape index (κ1) is 16.1. The minimum Gasteiger partial charge on any atom is -0.495 e. The SMILES string of the molecule is CCOC1CC(CC(=O)c2ccc(OC)c(Cl)c2OC)C1. The zero-order valence-corrected chi connectivity index (χ0v) is 13.4. The summed E-state index contributed by atoms with van der Waals surface area (Å²) in [4.78, 5) is 12.4. The molecule has 1 fully saturated rings. The summed E-state index contributed by atoms with van der Waals surface area (Å²) in [6.07, 6.45) is 2.72. The van der Waals surface area contributed by atoms with Gasteiger partial charge in [-0.15, -0.1) is 0 Å². The minimum atomic E-state index is 0.0522. The molecular formula is C16H21ClO4. The Labute approximate surface area is 130 Å². The van der Waals surface area contributed by atoms with Crippen LogP contribution in [0.5, 0.6) is 11.5 Å². The molecule has 4 nitrogen and oxygen atoms in total. The molecule has 0 N–H and O–H groups in total. The van der Waals surface area contributed by atoms with Gasteiger partial charge in [0.1, 0.15) is 10.8 Å². The van der Waals surface area contributed by atoms with Crippen LogP contribution < -0.4 is 9.47 Å². The summed E-state index contributed by atoms with van der Waals surface area (Å²) in [5.41, 5.74) is 0.517. The number of rotatable bonds is 7. The second kappa shape index (κ2) is 7.14. The molecule has 0 spiro atoms. The molecule has 1 aromatic rings. The number of carbonyl (C=O) groups is 1. The molecule has 0 aliphatic heterocycles. The Bertz CT molecular complexity index is 509. The van der Waals surface area contributed by atoms with Crippen molar-refractivity contribution in [1.29, 1.82) is 0 Å². The number of methoxy groups -OCH3 is 2. The first-order chi connectivity index (χ1) is 10.1. The van der Waals surface area contributed by atoms with E-state index in [1.54, 1.807) is 12.1 Å². The summed E-state index contributed by atoms with van der Waals surface area (Å²) >= 11 is 6.18. The highest BCUT2D eigenvalue weighted by molar-refractivity contribution is 6.34. The van der Waals surface area contributed by atoms with E-state index in [1.165, 1.54) is 14.2 Å². The van der Waals surface area contributed by atoms with Gasteiger partial charge in [0.05, 0.1) is 25.9 Å². The maximum absolute atomic E-state index is 12.4. The van der Waals surface area contributed by atoms with Crippen molar-refractivity contribution < 1.29 is 19.0 Å². The van der Waals surface area contributed by atoms with Crippen molar-refractivity contribution in [1.82, 2.24) is 0 Å². The standard InChI is InChI=1S/C16H21ClO4/c1-4-21-11-7-10(8-11)9-13(18)12-5-6-14(19-2)15(17)16(12)20-3/h5-6,10-11H,4,7-9H2,1-3H3. The van der Waals surface area contributed by atoms with Crippen molar-refractivity contribution in [3.8, 4) is 11.5 Å². The van der Waals surface area contributed by atoms with E-state index in [0.29, 0.717) is 40.5 Å². The number of ether oxygens (including phenoxy) is 3. The molecule has 0 amide bonds. The quantitative estimate of drug-likeness (QED) is 0.719. The molecule has 1 aliphatic carbocycles. The molecule has 0 heterocycles. The number of benzene rings is 1. The van der Waals surface area contributed by atoms with Gasteiger partial charge < -0.3 is 14.2 Å². The van der Waals surface area contributed by atoms with E-state index in [0.717, 1.165) is 19.4 Å². The van der Waals surface area contributed by atoms with Gasteiger partial charge in [0, 0.05) is 13.0 Å². The smallest absolute Gasteiger partial charge is 0.166 e. The van der Waals surface area contributed by atoms with Crippen LogP contribution in [0.15, 0.2) is 12.1 Å². The van der Waals surface area contributed by atoms with Gasteiger partial charge in [0.25, 0.3) is 0 Å². The summed E-state index contributed by atoms with van der Waals surface area (Å²) in [5.74, 6) is 1.34. The van der Waals surface area contributed by atoms with E-state index in [1.807, 2.05) is 6.92 Å². The maximum atomic E-state index is 12.4. The molecule has 21 heavy (non-hydrogen) atoms. The van der Waals surface area contributed by atoms with E-state index in [2.05, 4.69) is 0 Å². The van der Waals surface area contributed by atoms with Crippen molar-refractivity contribution in [2.24, 2.45) is 5.92 Å². The maximum Gasteiger partial charge on any atom is 0.166 e. The molecule has 0 unspecified atom stereocenters. The number of hydrogen-bond acceptors (Lipinski definition) is 4. The van der Waals surface area contributed by atoms with Gasteiger partial charge in [-0.1, -0.05) is 11.6 Å². The van der Waals surface area contributed by atoms with Gasteiger partial charge in [-0.05, 0) is 37.8 Å². The Morgan fingerprint density at radius 2 is 2.00 bits per heavy atom. The molecule has 1 aliphatic rings. The summed E-state index contributed by atoms with van der Waals surface area (Å²) < 4.78 is 15.9. The lowest BCUT2D eigenvalue weighted by molar-refractivity contribution is -0.0246. The fraction of sp³-hybridized carbons (Fsp3) is 0.562. The van der Waals surface area contributed by atoms with Gasteiger partial charge in [0.2, 0.25) is 0 Å². The van der Waals surface area contributed by atoms with Gasteiger partial charge in [0.15, 0.2) is 11.5 Å². The highest BCUT2D eigenvalue weighted by atomic mass is 35.5. The van der Waals surface area contributed by atoms with E-state index in [-0.39, 0.29) is 5.78 Å². The van der Waals surface area contributed by atoms with Crippen molar-refractivity contribution >= 4 is 17.4 Å². The largest absolute Gasteiger partial charge is 0.495 e. The molecule has 116 valence electrons. The second-order valence-electron chi connectivity index (χ2n) is 5.20. The predicted molar refractivity (Wildman–Crippen MR) is 81.6 cm³/mol. The van der Waals surface area contributed by atoms with Crippen LogP contribution >= 0.6 is 11.6 Å². The van der Waals surface area contributed by atoms with Crippen molar-refractivity contribution in [3.05, 3.63) is 22.7 Å². The van der Waals surface area contributed by atoms with Crippen LogP contribution in [0.2, 0.25) is 5.02 Å². The van der Waals surface area contributed by atoms with E-state index < -0.39 is 0 Å². The van der Waals surface area contributed by atoms with E-state index in [4.69, 9.17) is 25.8 Å². The third-order valence-corrected chi connectivity index (χ3v) is 4.21. The number of hydrogen-bond donors (Lipinski definition) is 0. The molecule has 0 bridgehead atoms. The van der Waals surface area contributed by atoms with Crippen molar-refractivity contribution in [2.75, 3.05) is 20.8 Å². The highest BCUT2D eigenvalue weighted by Gasteiger charge is 2.32. The monoisotopic (exact) mass is 312 g/mol. The molecule has 1 saturated carbocycles. The lowest BCUT2D eigenvalue weighted by Crippen LogP contribution is -2.32. The van der Waals surface area contributed by atoms with Gasteiger partial charge >= 0.3 is 0 Å². The molecule has 0 radical (unpaired) electrons. The summed E-state index contributed by atoms with van der Waals surface area (Å²) in [6, 6.07) is 3.41. The molecule has 5 heteroatoms. The van der Waals surface area contributed by atoms with E-state index in [9.17, 15) is 4.79 Å². The summed E-state index contributed by atoms with van der Waals surface area (Å²) in [6.45, 7) is 2.72. The third-order valence-electron chi connectivity index (χ3n) is 3.86. The minimum absolute atomic E-state index is 0.0522. The highest BCUT2D eigenvalue weighted by Crippen LogP contribution is 2.39. The zero-order valence-electron chi connectivity index (χ0n) is 12.6. The fourth-order valence-electron chi connectivity index (χ4n) is 2.70. The number of carbonyl (C=O) groups excluding carboxylic acids is 1. The average molecular weight is 313 g/mol. The van der Waals surface area contributed by atoms with Crippen LogP contribution in [0.4, 0.5) is 0 Å². The molecule has 2 rings (SSSR count). The molecule has 0 aromatic heterocycles. The van der Waals surface area contributed by atoms with Gasteiger partial charge in [-0.3, -0.25) is 4.79 Å². The van der Waals surface area contributed by atoms with Gasteiger partial charge in [-0.25, -0.2) is 0 Å². The van der Waals surface area contributed by atoms with Crippen LogP contribution in [-0.2, 0) is 4.74 Å². The Morgan fingerprint density at radius 1 is 1.29 bits per heavy atom. The van der Waals surface area contributed by atoms with Gasteiger partial charge in [-0.2, -0.15) is 0 Å². The molecule has 0 atom stereocenters. The first-order valence-electron chi connectivity index (χ1n) is 7.15. The number of halogens is 1. The number of ketones is 1. The molecule has 0 saturated heterocycles. The first-order valence-corrected chi connectivity index (χ1v) is 7.53. The Balaban J connectivity index is 2.05. The fourth-order valence-corrected chi connectivity index (χ4v) is 3.02. The van der Waals surface area contributed by atoms with Crippen LogP contribution in [0.3, 0.4) is 0 Å². The normalized spacial score (nSPS) is 20.8. The third kappa shape index (κ3) is 3.50. The van der Waals surface area contributed by atoms with Crippen LogP contribution in [0.1, 0.15) is 36.5 Å². The number of Topliss-reactive ketones (excluding diaryl/α,β-unsaturated/α-hetero) is 1. The van der Waals surface area contributed by atoms with Crippen molar-refractivity contribution in [3.63, 3.8) is 0 Å². The Kier molecular flexibility index (Phi) is 5.48. The Morgan fingerprint density at radius 3 is 2.57 bits per heavy atom. The van der Waals surface area contributed by atoms with E-state index >= 15 is 0 Å². The summed E-state index contributed by atoms with van der Waals surface area (Å²) in [7, 11) is 3.04. The van der Waals surface area contributed by atoms with Crippen LogP contribution in [0, 0.1) is 5.92 Å². The Hall–Kier alpha value is -1.26. The second-order valence-corrected chi connectivity index (χ2v) is 5.58. The van der Waals surface area contributed by atoms with Crippen LogP contribution in [0.25, 0.3) is 0 Å². The average Bonchev–Trinajstić information content (AvgIpc) is 2.44. The molecule has 1 aromatic carbocycles. The zero-order chi connectivity index (χ0) is 15.4.